The van der Waals surface area contributed by atoms with Crippen LogP contribution < -0.4 is 25.6 Å². The van der Waals surface area contributed by atoms with Gasteiger partial charge in [-0.1, -0.05) is 44.2 Å². The van der Waals surface area contributed by atoms with Gasteiger partial charge in [-0.25, -0.2) is 4.79 Å². The van der Waals surface area contributed by atoms with E-state index in [-0.39, 0.29) is 17.9 Å². The highest BCUT2D eigenvalue weighted by Gasteiger charge is 2.50. The molecule has 0 aliphatic heterocycles. The van der Waals surface area contributed by atoms with E-state index in [2.05, 4.69) is 24.5 Å². The van der Waals surface area contributed by atoms with Crippen molar-refractivity contribution in [3.63, 3.8) is 0 Å². The molecule has 0 aliphatic rings. The molecule has 3 atom stereocenters. The van der Waals surface area contributed by atoms with Crippen LogP contribution in [0.1, 0.15) is 92.7 Å². The van der Waals surface area contributed by atoms with Crippen molar-refractivity contribution >= 4 is 29.5 Å². The maximum absolute atomic E-state index is 14.2. The Morgan fingerprint density at radius 2 is 1.51 bits per heavy atom. The molecule has 0 aliphatic carbocycles. The van der Waals surface area contributed by atoms with Gasteiger partial charge < -0.3 is 25.8 Å². The van der Waals surface area contributed by atoms with Crippen LogP contribution in [0.4, 0.5) is 10.5 Å². The average Bonchev–Trinajstić information content (AvgIpc) is 2.95. The molecule has 0 unspecified atom stereocenters. The van der Waals surface area contributed by atoms with Gasteiger partial charge in [-0.2, -0.15) is 4.79 Å². The fourth-order valence-electron chi connectivity index (χ4n) is 5.01. The maximum atomic E-state index is 14.2. The van der Waals surface area contributed by atoms with Crippen molar-refractivity contribution in [2.75, 3.05) is 13.6 Å². The van der Waals surface area contributed by atoms with Gasteiger partial charge in [-0.15, -0.1) is 4.48 Å². The van der Waals surface area contributed by atoms with Crippen molar-refractivity contribution in [1.29, 1.82) is 0 Å². The van der Waals surface area contributed by atoms with E-state index in [1.807, 2.05) is 57.2 Å². The van der Waals surface area contributed by atoms with Crippen LogP contribution in [0.2, 0.25) is 0 Å². The van der Waals surface area contributed by atoms with Crippen LogP contribution in [0.5, 0.6) is 5.75 Å². The first kappa shape index (κ1) is 39.4. The number of benzene rings is 2. The van der Waals surface area contributed by atoms with Crippen molar-refractivity contribution in [2.45, 2.75) is 118 Å². The van der Waals surface area contributed by atoms with Gasteiger partial charge in [0.05, 0.1) is 13.1 Å². The summed E-state index contributed by atoms with van der Waals surface area (Å²) in [7, 11) is 1.48. The molecule has 2 aromatic rings. The fraction of sp³-hybridized carbons (Fsp3) is 0.568. The third-order valence-electron chi connectivity index (χ3n) is 7.44. The van der Waals surface area contributed by atoms with E-state index in [0.717, 1.165) is 17.5 Å². The lowest BCUT2D eigenvalue weighted by molar-refractivity contribution is -0.134. The lowest BCUT2D eigenvalue weighted by atomic mass is 10.0. The van der Waals surface area contributed by atoms with E-state index in [0.29, 0.717) is 43.2 Å². The predicted molar refractivity (Wildman–Crippen MR) is 187 cm³/mol. The summed E-state index contributed by atoms with van der Waals surface area (Å²) < 4.78 is 10.8. The molecule has 0 radical (unpaired) electrons. The number of carbonyl (C=O) groups is 4. The summed E-state index contributed by atoms with van der Waals surface area (Å²) >= 11 is 0. The molecule has 10 nitrogen and oxygen atoms in total. The molecule has 47 heavy (non-hydrogen) atoms. The van der Waals surface area contributed by atoms with E-state index < -0.39 is 40.1 Å². The maximum Gasteiger partial charge on any atom is 0.529 e. The van der Waals surface area contributed by atoms with Crippen molar-refractivity contribution in [2.24, 2.45) is 11.7 Å². The Labute approximate surface area is 281 Å². The third kappa shape index (κ3) is 12.8. The second-order valence-electron chi connectivity index (χ2n) is 14.7. The van der Waals surface area contributed by atoms with Crippen LogP contribution in [0.15, 0.2) is 48.5 Å². The summed E-state index contributed by atoms with van der Waals surface area (Å²) in [5, 5.41) is 5.67. The van der Waals surface area contributed by atoms with Gasteiger partial charge in [0, 0.05) is 24.6 Å². The molecule has 0 fully saturated rings. The van der Waals surface area contributed by atoms with E-state index in [1.165, 1.54) is 14.0 Å². The van der Waals surface area contributed by atoms with Gasteiger partial charge in [0.15, 0.2) is 5.69 Å². The number of ether oxygens (including phenoxy) is 2. The van der Waals surface area contributed by atoms with Gasteiger partial charge >= 0.3 is 12.0 Å². The van der Waals surface area contributed by atoms with Crippen molar-refractivity contribution in [3.8, 4) is 5.75 Å². The number of hydrogen-bond donors (Lipinski definition) is 3. The normalized spacial score (nSPS) is 14.5. The molecule has 260 valence electrons. The lowest BCUT2D eigenvalue weighted by Crippen LogP contribution is -2.63. The van der Waals surface area contributed by atoms with Crippen molar-refractivity contribution in [3.05, 3.63) is 59.7 Å². The molecule has 2 rings (SSSR count). The third-order valence-corrected chi connectivity index (χ3v) is 7.44. The highest BCUT2D eigenvalue weighted by atomic mass is 16.6. The van der Waals surface area contributed by atoms with Crippen LogP contribution in [0, 0.1) is 5.92 Å². The topological polar surface area (TPSA) is 137 Å². The van der Waals surface area contributed by atoms with Crippen LogP contribution in [-0.4, -0.2) is 60.7 Å². The van der Waals surface area contributed by atoms with E-state index in [9.17, 15) is 19.2 Å². The number of nitrogens with two attached hydrogens (primary N) is 1. The first-order chi connectivity index (χ1) is 21.7. The molecular formula is C37H57N4O6+. The molecule has 0 bridgehead atoms. The Kier molecular flexibility index (Phi) is 14.2. The van der Waals surface area contributed by atoms with Gasteiger partial charge in [0.1, 0.15) is 23.0 Å². The van der Waals surface area contributed by atoms with Crippen LogP contribution in [0.3, 0.4) is 0 Å². The van der Waals surface area contributed by atoms with Gasteiger partial charge in [0.2, 0.25) is 11.8 Å². The Morgan fingerprint density at radius 1 is 0.894 bits per heavy atom. The summed E-state index contributed by atoms with van der Waals surface area (Å²) in [5.41, 5.74) is 7.05. The smallest absolute Gasteiger partial charge is 0.488 e. The molecular weight excluding hydrogens is 596 g/mol. The van der Waals surface area contributed by atoms with Gasteiger partial charge in [-0.05, 0) is 97.8 Å². The number of aryl methyl sites for hydroxylation is 1. The zero-order valence-electron chi connectivity index (χ0n) is 30.1. The minimum atomic E-state index is -1.08. The number of nitrogens with zero attached hydrogens (tertiary/aromatic N) is 1. The number of rotatable bonds is 14. The molecule has 2 aromatic carbocycles. The van der Waals surface area contributed by atoms with Crippen LogP contribution in [-0.2, 0) is 32.0 Å². The monoisotopic (exact) mass is 653 g/mol. The summed E-state index contributed by atoms with van der Waals surface area (Å²) in [6.07, 6.45) is 1.68. The highest BCUT2D eigenvalue weighted by Crippen LogP contribution is 2.31. The molecule has 0 saturated carbocycles. The largest absolute Gasteiger partial charge is 0.529 e. The Bertz CT molecular complexity index is 1360. The number of carbonyl (C=O) groups excluding carboxylic acids is 4. The number of imide groups is 1. The first-order valence-corrected chi connectivity index (χ1v) is 16.6. The fourth-order valence-corrected chi connectivity index (χ4v) is 5.01. The second kappa shape index (κ2) is 16.9. The van der Waals surface area contributed by atoms with Gasteiger partial charge in [0.25, 0.3) is 0 Å². The summed E-state index contributed by atoms with van der Waals surface area (Å²) in [4.78, 5) is 53.6. The number of quaternary nitrogens is 1. The van der Waals surface area contributed by atoms with E-state index in [4.69, 9.17) is 15.2 Å². The molecule has 0 aromatic heterocycles. The molecule has 4 N–H and O–H groups in total. The Hall–Kier alpha value is -3.76. The van der Waals surface area contributed by atoms with Gasteiger partial charge in [-0.3, -0.25) is 9.59 Å². The highest BCUT2D eigenvalue weighted by molar-refractivity contribution is 6.09. The quantitative estimate of drug-likeness (QED) is 0.219. The number of nitrogens with one attached hydrogen (secondary N) is 2. The van der Waals surface area contributed by atoms with Crippen LogP contribution >= 0.6 is 0 Å². The number of hydrogen-bond acceptors (Lipinski definition) is 7. The second-order valence-corrected chi connectivity index (χ2v) is 14.7. The number of amides is 4. The summed E-state index contributed by atoms with van der Waals surface area (Å²) in [6.45, 7) is 17.5. The summed E-state index contributed by atoms with van der Waals surface area (Å²) in [5.74, 6) is 0.0706. The Balaban J connectivity index is 2.23. The number of likely N-dealkylation sites (N-methyl/N-ethyl adjacent to an activating group) is 1. The average molecular weight is 654 g/mol. The van der Waals surface area contributed by atoms with Crippen molar-refractivity contribution in [1.82, 2.24) is 15.1 Å². The van der Waals surface area contributed by atoms with E-state index >= 15 is 0 Å². The SMILES string of the molecule is CC(C)CCNC(=O)CCCc1ccccc1[N@+](C)(C(=O)OC(C)(C)C)C(=O)[C@@H](C)NC(=O)[C@@H](N)Cc1ccc(OC(C)(C)C)cc1. The molecule has 4 amide bonds. The minimum absolute atomic E-state index is 0.0366. The standard InChI is InChI=1S/C37H56N4O6/c1-25(2)22-23-39-32(42)17-13-15-28-14-11-12-16-31(28)41(10,35(45)47-37(7,8)9)34(44)26(3)40-33(43)30(38)24-27-18-20-29(21-19-27)46-36(4,5)6/h11-12,14,16,18-21,25-26,30H,13,15,17,22-24,38H2,1-10H3,(H-,39,40,42,43)/p+1/t26-,30+,41+/m1/s1. The molecule has 10 heteroatoms. The zero-order valence-corrected chi connectivity index (χ0v) is 30.1. The first-order valence-electron chi connectivity index (χ1n) is 16.6. The summed E-state index contributed by atoms with van der Waals surface area (Å²) in [6, 6.07) is 12.5. The van der Waals surface area contributed by atoms with E-state index in [1.54, 1.807) is 32.9 Å². The zero-order chi connectivity index (χ0) is 35.6. The Morgan fingerprint density at radius 3 is 2.09 bits per heavy atom. The lowest BCUT2D eigenvalue weighted by Gasteiger charge is -2.33. The molecule has 0 heterocycles. The van der Waals surface area contributed by atoms with Crippen LogP contribution in [0.25, 0.3) is 0 Å². The predicted octanol–water partition coefficient (Wildman–Crippen LogP) is 5.82. The molecule has 0 spiro atoms. The number of para-hydroxylation sites is 1. The minimum Gasteiger partial charge on any atom is -0.488 e. The van der Waals surface area contributed by atoms with Crippen molar-refractivity contribution < 1.29 is 28.7 Å². The molecule has 0 saturated heterocycles.